The van der Waals surface area contributed by atoms with Crippen LogP contribution in [0.4, 0.5) is 17.3 Å². The third kappa shape index (κ3) is 5.07. The Morgan fingerprint density at radius 1 is 1.00 bits per heavy atom. The van der Waals surface area contributed by atoms with E-state index < -0.39 is 5.60 Å². The lowest BCUT2D eigenvalue weighted by Gasteiger charge is -2.34. The van der Waals surface area contributed by atoms with Gasteiger partial charge in [0.25, 0.3) is 0 Å². The molecule has 8 nitrogen and oxygen atoms in total. The lowest BCUT2D eigenvalue weighted by Crippen LogP contribution is -2.44. The summed E-state index contributed by atoms with van der Waals surface area (Å²) in [5.74, 6) is 1.91. The van der Waals surface area contributed by atoms with Crippen molar-refractivity contribution in [2.24, 2.45) is 0 Å². The van der Waals surface area contributed by atoms with E-state index >= 15 is 0 Å². The van der Waals surface area contributed by atoms with Crippen LogP contribution in [0.2, 0.25) is 0 Å². The molecule has 0 radical (unpaired) electrons. The number of nitrogens with one attached hydrogen (secondary N) is 1. The van der Waals surface area contributed by atoms with Crippen molar-refractivity contribution in [2.45, 2.75) is 19.4 Å². The van der Waals surface area contributed by atoms with Crippen molar-refractivity contribution in [1.82, 2.24) is 14.9 Å². The summed E-state index contributed by atoms with van der Waals surface area (Å²) >= 11 is 1.49. The number of likely N-dealkylation sites (N-methyl/N-ethyl adjacent to an activating group) is 1. The average Bonchev–Trinajstić information content (AvgIpc) is 3.29. The van der Waals surface area contributed by atoms with Crippen molar-refractivity contribution in [1.29, 1.82) is 0 Å². The van der Waals surface area contributed by atoms with Gasteiger partial charge in [0.1, 0.15) is 11.5 Å². The molecule has 1 aliphatic rings. The smallest absolute Gasteiger partial charge is 0.227 e. The number of hydrogen-bond acceptors (Lipinski definition) is 9. The molecule has 2 N–H and O–H groups in total. The monoisotopic (exact) mass is 519 g/mol. The summed E-state index contributed by atoms with van der Waals surface area (Å²) < 4.78 is 12.3. The Morgan fingerprint density at radius 3 is 2.43 bits per heavy atom. The summed E-state index contributed by atoms with van der Waals surface area (Å²) in [5.41, 5.74) is 3.36. The fraction of sp³-hybridized carbons (Fsp3) is 0.357. The topological polar surface area (TPSA) is 83.0 Å². The van der Waals surface area contributed by atoms with Crippen LogP contribution < -0.4 is 19.7 Å². The second-order valence-corrected chi connectivity index (χ2v) is 10.8. The second-order valence-electron chi connectivity index (χ2n) is 9.77. The largest absolute Gasteiger partial charge is 0.496 e. The Morgan fingerprint density at radius 2 is 1.73 bits per heavy atom. The molecule has 0 saturated carbocycles. The SMILES string of the molecule is COc1cc(N2CCN(C)CC2)ccc1Nc1ncc2sc(C(C)(C)O)c(-c3ccccc3OC)c2n1. The number of para-hydroxylation sites is 1. The molecule has 0 amide bonds. The zero-order valence-electron chi connectivity index (χ0n) is 21.9. The minimum atomic E-state index is -1.06. The van der Waals surface area contributed by atoms with Gasteiger partial charge < -0.3 is 29.7 Å². The third-order valence-electron chi connectivity index (χ3n) is 6.66. The van der Waals surface area contributed by atoms with E-state index in [1.54, 1.807) is 34.3 Å². The van der Waals surface area contributed by atoms with E-state index in [1.807, 2.05) is 30.3 Å². The van der Waals surface area contributed by atoms with Crippen LogP contribution >= 0.6 is 11.3 Å². The predicted molar refractivity (Wildman–Crippen MR) is 151 cm³/mol. The number of ether oxygens (including phenoxy) is 2. The van der Waals surface area contributed by atoms with Crippen molar-refractivity contribution in [3.63, 3.8) is 0 Å². The Hall–Kier alpha value is -3.40. The van der Waals surface area contributed by atoms with Gasteiger partial charge in [-0.25, -0.2) is 9.97 Å². The van der Waals surface area contributed by atoms with Crippen LogP contribution in [0.25, 0.3) is 21.3 Å². The van der Waals surface area contributed by atoms with Crippen molar-refractivity contribution < 1.29 is 14.6 Å². The van der Waals surface area contributed by atoms with Gasteiger partial charge >= 0.3 is 0 Å². The highest BCUT2D eigenvalue weighted by atomic mass is 32.1. The Labute approximate surface area is 221 Å². The average molecular weight is 520 g/mol. The maximum absolute atomic E-state index is 11.0. The van der Waals surface area contributed by atoms with Crippen LogP contribution in [-0.4, -0.2) is 67.4 Å². The molecule has 0 bridgehead atoms. The quantitative estimate of drug-likeness (QED) is 0.349. The summed E-state index contributed by atoms with van der Waals surface area (Å²) in [5, 5.41) is 14.3. The number of anilines is 3. The molecule has 0 spiro atoms. The number of aliphatic hydroxyl groups is 1. The second kappa shape index (κ2) is 10.2. The van der Waals surface area contributed by atoms with Gasteiger partial charge in [-0.15, -0.1) is 11.3 Å². The first-order valence-corrected chi connectivity index (χ1v) is 13.1. The normalized spacial score (nSPS) is 14.7. The molecule has 2 aromatic heterocycles. The first-order chi connectivity index (χ1) is 17.8. The number of fused-ring (bicyclic) bond motifs is 1. The van der Waals surface area contributed by atoms with Crippen molar-refractivity contribution in [2.75, 3.05) is 57.7 Å². The van der Waals surface area contributed by atoms with Crippen molar-refractivity contribution >= 4 is 38.9 Å². The molecule has 1 saturated heterocycles. The number of nitrogens with zero attached hydrogens (tertiary/aromatic N) is 4. The summed E-state index contributed by atoms with van der Waals surface area (Å²) in [7, 11) is 5.48. The lowest BCUT2D eigenvalue weighted by molar-refractivity contribution is 0.0831. The Bertz CT molecular complexity index is 1410. The first-order valence-electron chi connectivity index (χ1n) is 12.3. The van der Waals surface area contributed by atoms with Crippen LogP contribution in [0.1, 0.15) is 18.7 Å². The summed E-state index contributed by atoms with van der Waals surface area (Å²) in [6, 6.07) is 14.0. The molecule has 1 fully saturated rings. The zero-order valence-corrected chi connectivity index (χ0v) is 22.7. The summed E-state index contributed by atoms with van der Waals surface area (Å²) in [6.07, 6.45) is 1.80. The molecule has 4 aromatic rings. The summed E-state index contributed by atoms with van der Waals surface area (Å²) in [4.78, 5) is 15.0. The van der Waals surface area contributed by atoms with Crippen LogP contribution in [0, 0.1) is 0 Å². The van der Waals surface area contributed by atoms with E-state index in [0.717, 1.165) is 75.3 Å². The van der Waals surface area contributed by atoms with Gasteiger partial charge in [-0.2, -0.15) is 0 Å². The van der Waals surface area contributed by atoms with Crippen molar-refractivity contribution in [3.05, 3.63) is 53.5 Å². The Kier molecular flexibility index (Phi) is 6.94. The molecular weight excluding hydrogens is 486 g/mol. The number of aromatic nitrogens is 2. The molecule has 0 aliphatic carbocycles. The maximum Gasteiger partial charge on any atom is 0.227 e. The number of rotatable bonds is 7. The highest BCUT2D eigenvalue weighted by molar-refractivity contribution is 7.19. The molecule has 9 heteroatoms. The minimum absolute atomic E-state index is 0.453. The van der Waals surface area contributed by atoms with E-state index in [-0.39, 0.29) is 0 Å². The van der Waals surface area contributed by atoms with E-state index in [2.05, 4.69) is 39.3 Å². The van der Waals surface area contributed by atoms with Gasteiger partial charge in [-0.1, -0.05) is 18.2 Å². The molecule has 3 heterocycles. The van der Waals surface area contributed by atoms with Crippen molar-refractivity contribution in [3.8, 4) is 22.6 Å². The first kappa shape index (κ1) is 25.3. The molecular formula is C28H33N5O3S. The number of thiophene rings is 1. The standard InChI is InChI=1S/C28H33N5O3S/c1-28(2,34)26-24(19-8-6-7-9-21(19)35-4)25-23(37-26)17-29-27(31-25)30-20-11-10-18(16-22(20)36-5)33-14-12-32(3)13-15-33/h6-11,16-17,34H,12-15H2,1-5H3,(H,29,30,31). The van der Waals surface area contributed by atoms with Gasteiger partial charge in [-0.05, 0) is 39.1 Å². The molecule has 2 aromatic carbocycles. The molecule has 0 atom stereocenters. The van der Waals surface area contributed by atoms with Crippen LogP contribution in [0.15, 0.2) is 48.7 Å². The molecule has 0 unspecified atom stereocenters. The van der Waals surface area contributed by atoms with E-state index in [1.165, 1.54) is 11.3 Å². The fourth-order valence-electron chi connectivity index (χ4n) is 4.65. The number of methoxy groups -OCH3 is 2. The number of benzene rings is 2. The highest BCUT2D eigenvalue weighted by Crippen LogP contribution is 2.46. The molecule has 37 heavy (non-hydrogen) atoms. The minimum Gasteiger partial charge on any atom is -0.496 e. The van der Waals surface area contributed by atoms with E-state index in [9.17, 15) is 5.11 Å². The van der Waals surface area contributed by atoms with E-state index in [0.29, 0.717) is 5.95 Å². The van der Waals surface area contributed by atoms with Gasteiger partial charge in [0.15, 0.2) is 0 Å². The maximum atomic E-state index is 11.0. The van der Waals surface area contributed by atoms with Crippen LogP contribution in [0.3, 0.4) is 0 Å². The molecule has 194 valence electrons. The fourth-order valence-corrected chi connectivity index (χ4v) is 5.78. The highest BCUT2D eigenvalue weighted by Gasteiger charge is 2.28. The van der Waals surface area contributed by atoms with Gasteiger partial charge in [0.2, 0.25) is 5.95 Å². The number of piperazine rings is 1. The molecule has 1 aliphatic heterocycles. The van der Waals surface area contributed by atoms with E-state index in [4.69, 9.17) is 14.5 Å². The molecule has 5 rings (SSSR count). The van der Waals surface area contributed by atoms with Gasteiger partial charge in [0.05, 0.1) is 41.9 Å². The van der Waals surface area contributed by atoms with Crippen LogP contribution in [0.5, 0.6) is 11.5 Å². The summed E-state index contributed by atoms with van der Waals surface area (Å²) in [6.45, 7) is 7.63. The zero-order chi connectivity index (χ0) is 26.2. The lowest BCUT2D eigenvalue weighted by atomic mass is 9.96. The Balaban J connectivity index is 1.53. The van der Waals surface area contributed by atoms with Gasteiger partial charge in [-0.3, -0.25) is 0 Å². The third-order valence-corrected chi connectivity index (χ3v) is 8.09. The predicted octanol–water partition coefficient (Wildman–Crippen LogP) is 5.10. The van der Waals surface area contributed by atoms with Gasteiger partial charge in [0, 0.05) is 53.9 Å². The number of hydrogen-bond donors (Lipinski definition) is 2. The van der Waals surface area contributed by atoms with Crippen LogP contribution in [-0.2, 0) is 5.60 Å².